The largest absolute Gasteiger partial charge is 0.468 e. The van der Waals surface area contributed by atoms with Crippen molar-refractivity contribution >= 4 is 55.4 Å². The van der Waals surface area contributed by atoms with Gasteiger partial charge in [-0.3, -0.25) is 19.8 Å². The van der Waals surface area contributed by atoms with Gasteiger partial charge >= 0.3 is 0 Å². The molecule has 2 aromatic heterocycles. The first-order valence-electron chi connectivity index (χ1n) is 26.6. The molecule has 17 nitrogen and oxygen atoms in total. The maximum Gasteiger partial charge on any atom is 0.293 e. The van der Waals surface area contributed by atoms with E-state index in [2.05, 4.69) is 67.8 Å². The van der Waals surface area contributed by atoms with Gasteiger partial charge in [-0.2, -0.15) is 4.98 Å². The summed E-state index contributed by atoms with van der Waals surface area (Å²) >= 11 is 0. The Hall–Kier alpha value is -5.79. The maximum atomic E-state index is 14.7. The van der Waals surface area contributed by atoms with E-state index in [0.29, 0.717) is 80.4 Å². The summed E-state index contributed by atoms with van der Waals surface area (Å²) < 4.78 is 43.1. The number of carbonyl (C=O) groups is 1. The minimum atomic E-state index is -4.63. The van der Waals surface area contributed by atoms with E-state index in [4.69, 9.17) is 14.5 Å². The quantitative estimate of drug-likeness (QED) is 0.0582. The van der Waals surface area contributed by atoms with Crippen molar-refractivity contribution < 1.29 is 37.8 Å². The zero-order valence-electron chi connectivity index (χ0n) is 42.9. The Morgan fingerprint density at radius 2 is 1.69 bits per heavy atom. The lowest BCUT2D eigenvalue weighted by atomic mass is 9.59. The SMILES string of the molecule is CC(C)c1ccccc1C1CCC(C)(O)CN1C1CC2(CCN(c3ccc(C(=O)NS(=O)(=O)c4ccc(NCC5CCC(C)(O)CC5)c([N+](=O)[O-])c4)c(N4c5cc6cc[nH]c6nc5O[C@H]5COCC[C@@H]54)c3)CC2)C1. The molecule has 5 fully saturated rings. The van der Waals surface area contributed by atoms with E-state index in [9.17, 15) is 33.5 Å². The summed E-state index contributed by atoms with van der Waals surface area (Å²) in [7, 11) is -4.63. The van der Waals surface area contributed by atoms with Crippen LogP contribution in [0.3, 0.4) is 0 Å². The molecular weight excluding hydrogens is 961 g/mol. The highest BCUT2D eigenvalue weighted by molar-refractivity contribution is 7.90. The monoisotopic (exact) mass is 1030 g/mol. The maximum absolute atomic E-state index is 14.7. The van der Waals surface area contributed by atoms with Crippen molar-refractivity contribution in [2.24, 2.45) is 11.3 Å². The Bertz CT molecular complexity index is 3040. The first-order chi connectivity index (χ1) is 35.3. The van der Waals surface area contributed by atoms with Crippen LogP contribution in [0.15, 0.2) is 83.9 Å². The number of rotatable bonds is 12. The van der Waals surface area contributed by atoms with Crippen LogP contribution in [0.25, 0.3) is 11.0 Å². The van der Waals surface area contributed by atoms with E-state index in [1.54, 1.807) is 12.3 Å². The number of β-amino-alcohol motifs (C(OH)–C–C–N with tert-alkyl or cyclic N) is 1. The minimum Gasteiger partial charge on any atom is -0.468 e. The molecule has 0 bridgehead atoms. The van der Waals surface area contributed by atoms with Crippen molar-refractivity contribution in [1.82, 2.24) is 19.6 Å². The minimum absolute atomic E-state index is 0.102. The smallest absolute Gasteiger partial charge is 0.293 e. The number of benzene rings is 3. The molecule has 5 N–H and O–H groups in total. The first kappa shape index (κ1) is 50.4. The van der Waals surface area contributed by atoms with Crippen LogP contribution in [0.5, 0.6) is 5.88 Å². The summed E-state index contributed by atoms with van der Waals surface area (Å²) in [6, 6.07) is 22.2. The number of aromatic nitrogens is 2. The highest BCUT2D eigenvalue weighted by Crippen LogP contribution is 2.55. The number of likely N-dealkylation sites (tertiary alicyclic amines) is 1. The van der Waals surface area contributed by atoms with Gasteiger partial charge in [0.2, 0.25) is 5.88 Å². The van der Waals surface area contributed by atoms with Crippen LogP contribution in [0.4, 0.5) is 28.4 Å². The molecule has 0 radical (unpaired) electrons. The molecule has 2 unspecified atom stereocenters. The number of hydrogen-bond acceptors (Lipinski definition) is 14. The van der Waals surface area contributed by atoms with Gasteiger partial charge in [-0.05, 0) is 155 Å². The fourth-order valence-electron chi connectivity index (χ4n) is 13.1. The normalized spacial score (nSPS) is 27.3. The van der Waals surface area contributed by atoms with E-state index < -0.39 is 48.7 Å². The number of nitrogens with zero attached hydrogens (tertiary/aromatic N) is 5. The van der Waals surface area contributed by atoms with Gasteiger partial charge in [0.15, 0.2) is 0 Å². The van der Waals surface area contributed by atoms with Gasteiger partial charge in [-0.25, -0.2) is 13.1 Å². The van der Waals surface area contributed by atoms with Crippen LogP contribution in [0.1, 0.15) is 132 Å². The number of nitrogens with one attached hydrogen (secondary N) is 3. The van der Waals surface area contributed by atoms with Crippen molar-refractivity contribution in [2.75, 3.05) is 54.5 Å². The van der Waals surface area contributed by atoms with Crippen LogP contribution in [-0.4, -0.2) is 113 Å². The number of piperidine rings is 2. The van der Waals surface area contributed by atoms with Gasteiger partial charge in [0.1, 0.15) is 23.1 Å². The van der Waals surface area contributed by atoms with Crippen LogP contribution in [-0.2, 0) is 14.8 Å². The van der Waals surface area contributed by atoms with Gasteiger partial charge in [0, 0.05) is 68.2 Å². The van der Waals surface area contributed by atoms with E-state index in [1.165, 1.54) is 23.3 Å². The Labute approximate surface area is 433 Å². The Morgan fingerprint density at radius 3 is 2.45 bits per heavy atom. The number of carbonyl (C=O) groups excluding carboxylic acids is 1. The van der Waals surface area contributed by atoms with E-state index in [-0.39, 0.29) is 34.7 Å². The molecule has 3 aromatic carbocycles. The number of sulfonamides is 1. The summed E-state index contributed by atoms with van der Waals surface area (Å²) in [5.41, 5.74) is 3.99. The first-order valence-corrected chi connectivity index (χ1v) is 28.1. The lowest BCUT2D eigenvalue weighted by molar-refractivity contribution is -0.384. The number of nitro groups is 1. The number of fused-ring (bicyclic) bond motifs is 3. The van der Waals surface area contributed by atoms with Crippen molar-refractivity contribution in [3.8, 4) is 5.88 Å². The lowest BCUT2D eigenvalue weighted by Gasteiger charge is -2.59. The molecule has 18 heteroatoms. The summed E-state index contributed by atoms with van der Waals surface area (Å²) in [4.78, 5) is 41.1. The van der Waals surface area contributed by atoms with Gasteiger partial charge in [-0.15, -0.1) is 0 Å². The predicted molar refractivity (Wildman–Crippen MR) is 284 cm³/mol. The van der Waals surface area contributed by atoms with Crippen molar-refractivity contribution in [3.05, 3.63) is 106 Å². The Morgan fingerprint density at radius 1 is 0.932 bits per heavy atom. The third-order valence-corrected chi connectivity index (χ3v) is 18.7. The molecule has 74 heavy (non-hydrogen) atoms. The van der Waals surface area contributed by atoms with Gasteiger partial charge in [0.25, 0.3) is 21.6 Å². The van der Waals surface area contributed by atoms with Crippen molar-refractivity contribution in [1.29, 1.82) is 0 Å². The molecule has 4 aliphatic heterocycles. The number of pyridine rings is 1. The average Bonchev–Trinajstić information content (AvgIpc) is 3.83. The number of ether oxygens (including phenoxy) is 2. The molecular formula is C56H70N8O9S. The number of hydrogen-bond donors (Lipinski definition) is 5. The molecule has 1 spiro atoms. The zero-order valence-corrected chi connectivity index (χ0v) is 43.7. The van der Waals surface area contributed by atoms with E-state index >= 15 is 0 Å². The number of aliphatic hydroxyl groups is 2. The van der Waals surface area contributed by atoms with E-state index in [1.807, 2.05) is 38.1 Å². The third-order valence-electron chi connectivity index (χ3n) is 17.4. The molecule has 5 aromatic rings. The number of anilines is 4. The van der Waals surface area contributed by atoms with Crippen LogP contribution in [0, 0.1) is 21.4 Å². The number of aromatic amines is 1. The van der Waals surface area contributed by atoms with Crippen molar-refractivity contribution in [3.63, 3.8) is 0 Å². The van der Waals surface area contributed by atoms with E-state index in [0.717, 1.165) is 81.6 Å². The van der Waals surface area contributed by atoms with Crippen LogP contribution < -0.4 is 24.6 Å². The summed E-state index contributed by atoms with van der Waals surface area (Å²) in [5.74, 6) is 0.0679. The molecule has 2 saturated carbocycles. The number of nitro benzene ring substituents is 1. The lowest BCUT2D eigenvalue weighted by Crippen LogP contribution is -2.60. The second-order valence-electron chi connectivity index (χ2n) is 23.1. The fraction of sp³-hybridized carbons (Fsp3) is 0.536. The van der Waals surface area contributed by atoms with Crippen LogP contribution >= 0.6 is 0 Å². The number of H-pyrrole nitrogens is 1. The van der Waals surface area contributed by atoms with Gasteiger partial charge in [-0.1, -0.05) is 38.1 Å². The topological polar surface area (TPSA) is 216 Å². The highest BCUT2D eigenvalue weighted by atomic mass is 32.2. The van der Waals surface area contributed by atoms with Gasteiger partial charge in [0.05, 0.1) is 44.9 Å². The van der Waals surface area contributed by atoms with Crippen molar-refractivity contribution in [2.45, 2.75) is 145 Å². The Balaban J connectivity index is 0.868. The molecule has 394 valence electrons. The Kier molecular flexibility index (Phi) is 13.2. The third kappa shape index (κ3) is 9.83. The molecule has 2 aliphatic carbocycles. The predicted octanol–water partition coefficient (Wildman–Crippen LogP) is 9.09. The second-order valence-corrected chi connectivity index (χ2v) is 24.8. The summed E-state index contributed by atoms with van der Waals surface area (Å²) in [6.07, 6.45) is 10.5. The molecule has 6 aliphatic rings. The number of amides is 1. The van der Waals surface area contributed by atoms with Gasteiger partial charge < -0.3 is 39.8 Å². The molecule has 6 heterocycles. The second kappa shape index (κ2) is 19.4. The molecule has 1 amide bonds. The zero-order chi connectivity index (χ0) is 51.7. The molecule has 3 saturated heterocycles. The summed E-state index contributed by atoms with van der Waals surface area (Å²) in [6.45, 7) is 11.7. The average molecular weight is 1030 g/mol. The summed E-state index contributed by atoms with van der Waals surface area (Å²) in [5, 5.41) is 38.2. The van der Waals surface area contributed by atoms with Crippen LogP contribution in [0.2, 0.25) is 0 Å². The standard InChI is InChI=1S/C56H70N8O9S/c1-35(2)41-7-5-6-8-42(41)45-15-20-55(4,67)34-62(45)39-30-56(31-39)21-24-61(25-22-56)38-9-11-43(47(28-38)63-46-17-26-72-33-50(46)73-53-49(63)27-37-16-23-57-51(37)59-53)52(65)60-74(70,71)40-10-12-44(48(29-40)64(68)69)58-32-36-13-18-54(3,66)19-14-36/h5-12,16,23,27-29,35-36,39,45-46,50,58,66-67H,13-15,17-22,24-26,30-34H2,1-4H3,(H,57,59)(H,60,65)/t36?,45?,46-,50-,54?,55?/m0/s1. The molecule has 4 atom stereocenters. The molecule has 11 rings (SSSR count). The fourth-order valence-corrected chi connectivity index (χ4v) is 14.1. The highest BCUT2D eigenvalue weighted by Gasteiger charge is 2.52.